The highest BCUT2D eigenvalue weighted by molar-refractivity contribution is 8.02. The topological polar surface area (TPSA) is 55.6 Å². The van der Waals surface area contributed by atoms with Crippen LogP contribution < -0.4 is 5.73 Å². The first-order valence-electron chi connectivity index (χ1n) is 7.61. The molecule has 0 aromatic rings. The Morgan fingerprint density at radius 1 is 1.29 bits per heavy atom. The van der Waals surface area contributed by atoms with Gasteiger partial charge in [-0.25, -0.2) is 0 Å². The standard InChI is InChI=1S/C15H26N2O2S2/c1-9-10(2)19-11(3)12(9)13(18)17-7-5-15(21-4,6-8-17)14(16)20/h9-12H,5-8H2,1-4H3,(H2,16,20). The van der Waals surface area contributed by atoms with Crippen LogP contribution in [0.15, 0.2) is 0 Å². The van der Waals surface area contributed by atoms with E-state index in [-0.39, 0.29) is 34.7 Å². The molecule has 6 heteroatoms. The fraction of sp³-hybridized carbons (Fsp3) is 0.867. The highest BCUT2D eigenvalue weighted by Gasteiger charge is 2.45. The van der Waals surface area contributed by atoms with Crippen LogP contribution in [0.25, 0.3) is 0 Å². The van der Waals surface area contributed by atoms with Gasteiger partial charge in [0.05, 0.1) is 27.9 Å². The minimum atomic E-state index is -0.136. The zero-order valence-electron chi connectivity index (χ0n) is 13.3. The summed E-state index contributed by atoms with van der Waals surface area (Å²) in [6.07, 6.45) is 3.90. The molecular formula is C15H26N2O2S2. The molecule has 2 aliphatic heterocycles. The largest absolute Gasteiger partial charge is 0.392 e. The van der Waals surface area contributed by atoms with Crippen LogP contribution in [0, 0.1) is 11.8 Å². The van der Waals surface area contributed by atoms with Crippen molar-refractivity contribution in [2.24, 2.45) is 17.6 Å². The highest BCUT2D eigenvalue weighted by atomic mass is 32.2. The van der Waals surface area contributed by atoms with Crippen molar-refractivity contribution in [1.82, 2.24) is 4.90 Å². The van der Waals surface area contributed by atoms with Gasteiger partial charge in [0.15, 0.2) is 0 Å². The maximum absolute atomic E-state index is 12.8. The van der Waals surface area contributed by atoms with E-state index in [1.165, 1.54) is 0 Å². The zero-order chi connectivity index (χ0) is 15.8. The predicted octanol–water partition coefficient (Wildman–Crippen LogP) is 2.06. The maximum Gasteiger partial charge on any atom is 0.228 e. The van der Waals surface area contributed by atoms with Gasteiger partial charge < -0.3 is 15.4 Å². The molecule has 2 heterocycles. The third kappa shape index (κ3) is 3.08. The van der Waals surface area contributed by atoms with Gasteiger partial charge in [0.1, 0.15) is 0 Å². The van der Waals surface area contributed by atoms with Crippen molar-refractivity contribution in [2.75, 3.05) is 19.3 Å². The smallest absolute Gasteiger partial charge is 0.228 e. The molecule has 2 rings (SSSR count). The molecule has 1 amide bonds. The number of carbonyl (C=O) groups is 1. The minimum Gasteiger partial charge on any atom is -0.392 e. The number of nitrogens with zero attached hydrogens (tertiary/aromatic N) is 1. The summed E-state index contributed by atoms with van der Waals surface area (Å²) in [6.45, 7) is 7.65. The molecular weight excluding hydrogens is 304 g/mol. The molecule has 120 valence electrons. The maximum atomic E-state index is 12.8. The molecule has 4 atom stereocenters. The first-order chi connectivity index (χ1) is 9.82. The number of piperidine rings is 1. The molecule has 2 saturated heterocycles. The molecule has 0 aromatic heterocycles. The predicted molar refractivity (Wildman–Crippen MR) is 91.5 cm³/mol. The van der Waals surface area contributed by atoms with Crippen LogP contribution >= 0.6 is 24.0 Å². The van der Waals surface area contributed by atoms with Gasteiger partial charge in [-0.2, -0.15) is 11.8 Å². The number of rotatable bonds is 3. The number of hydrogen-bond acceptors (Lipinski definition) is 4. The van der Waals surface area contributed by atoms with Gasteiger partial charge in [-0.15, -0.1) is 0 Å². The molecule has 2 N–H and O–H groups in total. The van der Waals surface area contributed by atoms with E-state index in [0.717, 1.165) is 25.9 Å². The van der Waals surface area contributed by atoms with E-state index in [0.29, 0.717) is 4.99 Å². The van der Waals surface area contributed by atoms with E-state index in [9.17, 15) is 4.79 Å². The average molecular weight is 331 g/mol. The summed E-state index contributed by atoms with van der Waals surface area (Å²) in [5.41, 5.74) is 5.91. The van der Waals surface area contributed by atoms with Gasteiger partial charge in [0, 0.05) is 13.1 Å². The molecule has 4 nitrogen and oxygen atoms in total. The van der Waals surface area contributed by atoms with Gasteiger partial charge in [0.25, 0.3) is 0 Å². The van der Waals surface area contributed by atoms with E-state index in [1.807, 2.05) is 18.1 Å². The number of ether oxygens (including phenoxy) is 1. The molecule has 2 fully saturated rings. The molecule has 0 aliphatic carbocycles. The lowest BCUT2D eigenvalue weighted by Crippen LogP contribution is -2.52. The summed E-state index contributed by atoms with van der Waals surface area (Å²) in [6, 6.07) is 0. The Labute approximate surface area is 137 Å². The second-order valence-electron chi connectivity index (χ2n) is 6.32. The first-order valence-corrected chi connectivity index (χ1v) is 9.25. The lowest BCUT2D eigenvalue weighted by molar-refractivity contribution is -0.138. The van der Waals surface area contributed by atoms with Crippen LogP contribution in [-0.2, 0) is 9.53 Å². The molecule has 4 unspecified atom stereocenters. The summed E-state index contributed by atoms with van der Waals surface area (Å²) >= 11 is 6.94. The number of nitrogens with two attached hydrogens (primary N) is 1. The quantitative estimate of drug-likeness (QED) is 0.803. The van der Waals surface area contributed by atoms with Crippen molar-refractivity contribution in [1.29, 1.82) is 0 Å². The monoisotopic (exact) mass is 330 g/mol. The van der Waals surface area contributed by atoms with Gasteiger partial charge in [-0.3, -0.25) is 4.79 Å². The van der Waals surface area contributed by atoms with Crippen LogP contribution in [0.1, 0.15) is 33.6 Å². The van der Waals surface area contributed by atoms with Gasteiger partial charge >= 0.3 is 0 Å². The van der Waals surface area contributed by atoms with Crippen molar-refractivity contribution >= 4 is 34.9 Å². The highest BCUT2D eigenvalue weighted by Crippen LogP contribution is 2.38. The lowest BCUT2D eigenvalue weighted by Gasteiger charge is -2.41. The van der Waals surface area contributed by atoms with Crippen LogP contribution in [0.3, 0.4) is 0 Å². The summed E-state index contributed by atoms with van der Waals surface area (Å²) in [5.74, 6) is 0.485. The van der Waals surface area contributed by atoms with Crippen molar-refractivity contribution in [3.8, 4) is 0 Å². The SMILES string of the molecule is CSC1(C(N)=S)CCN(C(=O)C2C(C)OC(C)C2C)CC1. The summed E-state index contributed by atoms with van der Waals surface area (Å²) in [4.78, 5) is 15.4. The van der Waals surface area contributed by atoms with E-state index in [1.54, 1.807) is 11.8 Å². The second-order valence-corrected chi connectivity index (χ2v) is 7.95. The Kier molecular flexibility index (Phi) is 5.21. The Hall–Kier alpha value is -0.330. The van der Waals surface area contributed by atoms with E-state index < -0.39 is 0 Å². The average Bonchev–Trinajstić information content (AvgIpc) is 2.71. The molecule has 21 heavy (non-hydrogen) atoms. The Morgan fingerprint density at radius 3 is 2.24 bits per heavy atom. The fourth-order valence-corrected chi connectivity index (χ4v) is 4.79. The van der Waals surface area contributed by atoms with Crippen molar-refractivity contribution in [3.63, 3.8) is 0 Å². The normalized spacial score (nSPS) is 35.7. The van der Waals surface area contributed by atoms with E-state index in [2.05, 4.69) is 13.8 Å². The van der Waals surface area contributed by atoms with E-state index >= 15 is 0 Å². The van der Waals surface area contributed by atoms with Crippen LogP contribution in [0.5, 0.6) is 0 Å². The molecule has 0 saturated carbocycles. The molecule has 2 aliphatic rings. The number of carbonyl (C=O) groups excluding carboxylic acids is 1. The number of amides is 1. The lowest BCUT2D eigenvalue weighted by atomic mass is 9.87. The Balaban J connectivity index is 2.02. The van der Waals surface area contributed by atoms with Crippen molar-refractivity contribution in [3.05, 3.63) is 0 Å². The van der Waals surface area contributed by atoms with E-state index in [4.69, 9.17) is 22.7 Å². The van der Waals surface area contributed by atoms with Crippen molar-refractivity contribution < 1.29 is 9.53 Å². The number of thiocarbonyl (C=S) groups is 1. The summed E-state index contributed by atoms with van der Waals surface area (Å²) < 4.78 is 5.67. The van der Waals surface area contributed by atoms with Crippen LogP contribution in [-0.4, -0.2) is 52.1 Å². The number of hydrogen-bond donors (Lipinski definition) is 1. The minimum absolute atomic E-state index is 0.00492. The van der Waals surface area contributed by atoms with Crippen molar-refractivity contribution in [2.45, 2.75) is 50.6 Å². The number of thioether (sulfide) groups is 1. The fourth-order valence-electron chi connectivity index (χ4n) is 3.54. The third-order valence-electron chi connectivity index (χ3n) is 5.25. The molecule has 0 bridgehead atoms. The zero-order valence-corrected chi connectivity index (χ0v) is 14.9. The summed E-state index contributed by atoms with van der Waals surface area (Å²) in [5, 5.41) is 0. The first kappa shape index (κ1) is 17.0. The Bertz CT molecular complexity index is 422. The Morgan fingerprint density at radius 2 is 1.86 bits per heavy atom. The van der Waals surface area contributed by atoms with Gasteiger partial charge in [-0.1, -0.05) is 19.1 Å². The van der Waals surface area contributed by atoms with Crippen LogP contribution in [0.2, 0.25) is 0 Å². The summed E-state index contributed by atoms with van der Waals surface area (Å²) in [7, 11) is 0. The molecule has 0 radical (unpaired) electrons. The van der Waals surface area contributed by atoms with Crippen LogP contribution in [0.4, 0.5) is 0 Å². The molecule has 0 aromatic carbocycles. The second kappa shape index (κ2) is 6.42. The van der Waals surface area contributed by atoms with Gasteiger partial charge in [0.2, 0.25) is 5.91 Å². The van der Waals surface area contributed by atoms with Gasteiger partial charge in [-0.05, 0) is 38.9 Å². The number of likely N-dealkylation sites (tertiary alicyclic amines) is 1. The molecule has 0 spiro atoms. The third-order valence-corrected chi connectivity index (χ3v) is 7.18.